The SMILES string of the molecule is COC(=O)N1CCCC(CI)C1. The first-order valence-corrected chi connectivity index (χ1v) is 5.69. The minimum atomic E-state index is -0.176. The average molecular weight is 283 g/mol. The van der Waals surface area contributed by atoms with E-state index in [4.69, 9.17) is 0 Å². The van der Waals surface area contributed by atoms with Gasteiger partial charge in [-0.15, -0.1) is 0 Å². The van der Waals surface area contributed by atoms with E-state index in [-0.39, 0.29) is 6.09 Å². The maximum Gasteiger partial charge on any atom is 0.409 e. The zero-order valence-electron chi connectivity index (χ0n) is 7.25. The molecule has 4 heteroatoms. The molecule has 0 bridgehead atoms. The second kappa shape index (κ2) is 4.89. The Hall–Kier alpha value is 0. The van der Waals surface area contributed by atoms with Crippen LogP contribution >= 0.6 is 22.6 Å². The predicted molar refractivity (Wildman–Crippen MR) is 55.6 cm³/mol. The minimum absolute atomic E-state index is 0.176. The van der Waals surface area contributed by atoms with E-state index in [9.17, 15) is 4.79 Å². The first-order chi connectivity index (χ1) is 5.77. The van der Waals surface area contributed by atoms with Gasteiger partial charge in [-0.05, 0) is 18.8 Å². The van der Waals surface area contributed by atoms with E-state index in [2.05, 4.69) is 27.3 Å². The minimum Gasteiger partial charge on any atom is -0.453 e. The maximum absolute atomic E-state index is 11.1. The van der Waals surface area contributed by atoms with Crippen molar-refractivity contribution in [3.8, 4) is 0 Å². The number of amides is 1. The third-order valence-corrected chi connectivity index (χ3v) is 3.42. The van der Waals surface area contributed by atoms with Gasteiger partial charge in [0, 0.05) is 17.5 Å². The number of hydrogen-bond donors (Lipinski definition) is 0. The van der Waals surface area contributed by atoms with Gasteiger partial charge in [-0.1, -0.05) is 22.6 Å². The Kier molecular flexibility index (Phi) is 4.11. The molecule has 1 rings (SSSR count). The number of hydrogen-bond acceptors (Lipinski definition) is 2. The van der Waals surface area contributed by atoms with Crippen molar-refractivity contribution >= 4 is 28.7 Å². The molecule has 0 aromatic carbocycles. The molecule has 1 unspecified atom stereocenters. The van der Waals surface area contributed by atoms with Gasteiger partial charge in [-0.3, -0.25) is 0 Å². The lowest BCUT2D eigenvalue weighted by atomic mass is 10.0. The molecule has 0 radical (unpaired) electrons. The predicted octanol–water partition coefficient (Wildman–Crippen LogP) is 1.90. The number of halogens is 1. The topological polar surface area (TPSA) is 29.5 Å². The summed E-state index contributed by atoms with van der Waals surface area (Å²) in [7, 11) is 1.44. The van der Waals surface area contributed by atoms with Crippen molar-refractivity contribution in [1.29, 1.82) is 0 Å². The number of piperidine rings is 1. The van der Waals surface area contributed by atoms with E-state index in [1.807, 2.05) is 0 Å². The molecule has 1 aliphatic heterocycles. The highest BCUT2D eigenvalue weighted by atomic mass is 127. The standard InChI is InChI=1S/C8H14INO2/c1-12-8(11)10-4-2-3-7(5-9)6-10/h7H,2-6H2,1H3. The summed E-state index contributed by atoms with van der Waals surface area (Å²) in [6, 6.07) is 0. The molecule has 12 heavy (non-hydrogen) atoms. The quantitative estimate of drug-likeness (QED) is 0.543. The third kappa shape index (κ3) is 2.50. The molecule has 1 amide bonds. The van der Waals surface area contributed by atoms with Crippen LogP contribution in [0.15, 0.2) is 0 Å². The summed E-state index contributed by atoms with van der Waals surface area (Å²) in [5.41, 5.74) is 0. The number of methoxy groups -OCH3 is 1. The molecule has 0 aromatic rings. The summed E-state index contributed by atoms with van der Waals surface area (Å²) in [5.74, 6) is 0.665. The molecular formula is C8H14INO2. The van der Waals surface area contributed by atoms with Crippen LogP contribution in [0.2, 0.25) is 0 Å². The normalized spacial score (nSPS) is 23.8. The van der Waals surface area contributed by atoms with Crippen LogP contribution in [-0.4, -0.2) is 35.6 Å². The Balaban J connectivity index is 2.40. The number of ether oxygens (including phenoxy) is 1. The molecule has 0 spiro atoms. The van der Waals surface area contributed by atoms with Crippen LogP contribution in [0.1, 0.15) is 12.8 Å². The zero-order valence-corrected chi connectivity index (χ0v) is 9.41. The van der Waals surface area contributed by atoms with Gasteiger partial charge in [0.1, 0.15) is 0 Å². The Morgan fingerprint density at radius 1 is 1.75 bits per heavy atom. The number of likely N-dealkylation sites (tertiary alicyclic amines) is 1. The second-order valence-electron chi connectivity index (χ2n) is 3.08. The number of carbonyl (C=O) groups excluding carboxylic acids is 1. The fraction of sp³-hybridized carbons (Fsp3) is 0.875. The van der Waals surface area contributed by atoms with Crippen LogP contribution in [-0.2, 0) is 4.74 Å². The number of nitrogens with zero attached hydrogens (tertiary/aromatic N) is 1. The highest BCUT2D eigenvalue weighted by Gasteiger charge is 2.22. The fourth-order valence-electron chi connectivity index (χ4n) is 1.49. The molecule has 0 aromatic heterocycles. The molecule has 0 aliphatic carbocycles. The van der Waals surface area contributed by atoms with Gasteiger partial charge in [0.15, 0.2) is 0 Å². The molecule has 1 aliphatic rings. The number of rotatable bonds is 1. The molecule has 0 N–H and O–H groups in total. The van der Waals surface area contributed by atoms with Gasteiger partial charge >= 0.3 is 6.09 Å². The van der Waals surface area contributed by atoms with Crippen molar-refractivity contribution in [3.63, 3.8) is 0 Å². The lowest BCUT2D eigenvalue weighted by molar-refractivity contribution is 0.105. The first-order valence-electron chi connectivity index (χ1n) is 4.16. The lowest BCUT2D eigenvalue weighted by Crippen LogP contribution is -2.40. The van der Waals surface area contributed by atoms with Crippen molar-refractivity contribution in [3.05, 3.63) is 0 Å². The van der Waals surface area contributed by atoms with Crippen molar-refractivity contribution in [2.45, 2.75) is 12.8 Å². The van der Waals surface area contributed by atoms with Crippen LogP contribution in [0.3, 0.4) is 0 Å². The van der Waals surface area contributed by atoms with Gasteiger partial charge in [0.2, 0.25) is 0 Å². The average Bonchev–Trinajstić information content (AvgIpc) is 2.17. The number of carbonyl (C=O) groups is 1. The molecule has 1 atom stereocenters. The Morgan fingerprint density at radius 3 is 3.08 bits per heavy atom. The molecule has 1 heterocycles. The number of alkyl halides is 1. The van der Waals surface area contributed by atoms with E-state index in [1.54, 1.807) is 4.90 Å². The van der Waals surface area contributed by atoms with Crippen molar-refractivity contribution in [1.82, 2.24) is 4.90 Å². The first kappa shape index (κ1) is 10.1. The molecule has 1 saturated heterocycles. The Morgan fingerprint density at radius 2 is 2.50 bits per heavy atom. The van der Waals surface area contributed by atoms with E-state index in [0.29, 0.717) is 5.92 Å². The highest BCUT2D eigenvalue weighted by molar-refractivity contribution is 14.1. The van der Waals surface area contributed by atoms with Crippen molar-refractivity contribution < 1.29 is 9.53 Å². The van der Waals surface area contributed by atoms with Crippen LogP contribution in [0.4, 0.5) is 4.79 Å². The van der Waals surface area contributed by atoms with E-state index >= 15 is 0 Å². The Bertz CT molecular complexity index is 163. The van der Waals surface area contributed by atoms with Crippen LogP contribution in [0.5, 0.6) is 0 Å². The summed E-state index contributed by atoms with van der Waals surface area (Å²) in [4.78, 5) is 12.9. The molecule has 3 nitrogen and oxygen atoms in total. The van der Waals surface area contributed by atoms with Gasteiger partial charge in [0.25, 0.3) is 0 Å². The van der Waals surface area contributed by atoms with Crippen LogP contribution in [0.25, 0.3) is 0 Å². The van der Waals surface area contributed by atoms with E-state index < -0.39 is 0 Å². The van der Waals surface area contributed by atoms with Crippen LogP contribution < -0.4 is 0 Å². The largest absolute Gasteiger partial charge is 0.453 e. The van der Waals surface area contributed by atoms with E-state index in [1.165, 1.54) is 13.5 Å². The summed E-state index contributed by atoms with van der Waals surface area (Å²) >= 11 is 2.37. The maximum atomic E-state index is 11.1. The monoisotopic (exact) mass is 283 g/mol. The summed E-state index contributed by atoms with van der Waals surface area (Å²) < 4.78 is 5.80. The lowest BCUT2D eigenvalue weighted by Gasteiger charge is -2.30. The van der Waals surface area contributed by atoms with Gasteiger partial charge in [-0.25, -0.2) is 4.79 Å². The molecule has 70 valence electrons. The molecular weight excluding hydrogens is 269 g/mol. The fourth-order valence-corrected chi connectivity index (χ4v) is 2.20. The molecule has 1 fully saturated rings. The summed E-state index contributed by atoms with van der Waals surface area (Å²) in [6.45, 7) is 1.73. The highest BCUT2D eigenvalue weighted by Crippen LogP contribution is 2.18. The third-order valence-electron chi connectivity index (χ3n) is 2.17. The summed E-state index contributed by atoms with van der Waals surface area (Å²) in [5, 5.41) is 0. The van der Waals surface area contributed by atoms with Gasteiger partial charge in [-0.2, -0.15) is 0 Å². The van der Waals surface area contributed by atoms with Gasteiger partial charge in [0.05, 0.1) is 7.11 Å². The van der Waals surface area contributed by atoms with Crippen LogP contribution in [0, 0.1) is 5.92 Å². The smallest absolute Gasteiger partial charge is 0.409 e. The van der Waals surface area contributed by atoms with Gasteiger partial charge < -0.3 is 9.64 Å². The molecule has 0 saturated carbocycles. The van der Waals surface area contributed by atoms with E-state index in [0.717, 1.165) is 23.9 Å². The second-order valence-corrected chi connectivity index (χ2v) is 3.96. The van der Waals surface area contributed by atoms with Crippen molar-refractivity contribution in [2.75, 3.05) is 24.6 Å². The zero-order chi connectivity index (χ0) is 8.97. The van der Waals surface area contributed by atoms with Crippen molar-refractivity contribution in [2.24, 2.45) is 5.92 Å². The summed E-state index contributed by atoms with van der Waals surface area (Å²) in [6.07, 6.45) is 2.18. The Labute approximate surface area is 86.6 Å².